The van der Waals surface area contributed by atoms with Crippen molar-refractivity contribution < 1.29 is 14.7 Å². The number of rotatable bonds is 7. The average molecular weight is 297 g/mol. The van der Waals surface area contributed by atoms with Gasteiger partial charge >= 0.3 is 5.97 Å². The molecule has 0 aliphatic carbocycles. The Kier molecular flexibility index (Phi) is 6.44. The van der Waals surface area contributed by atoms with Crippen molar-refractivity contribution >= 4 is 23.6 Å². The molecular formula is C13H19N3O3S. The number of amides is 1. The number of thioether (sulfide) groups is 1. The fourth-order valence-corrected chi connectivity index (χ4v) is 2.67. The van der Waals surface area contributed by atoms with Crippen LogP contribution < -0.4 is 5.32 Å². The first-order valence-electron chi connectivity index (χ1n) is 6.49. The molecule has 0 unspecified atom stereocenters. The lowest BCUT2D eigenvalue weighted by atomic mass is 10.2. The number of carboxylic acids is 1. The van der Waals surface area contributed by atoms with Crippen LogP contribution in [0.3, 0.4) is 0 Å². The number of carbonyl (C=O) groups excluding carboxylic acids is 1. The molecular weight excluding hydrogens is 278 g/mol. The van der Waals surface area contributed by atoms with Gasteiger partial charge in [0.15, 0.2) is 0 Å². The number of nitrogens with zero attached hydrogens (tertiary/aromatic N) is 2. The molecule has 0 aliphatic heterocycles. The molecule has 0 bridgehead atoms. The fourth-order valence-electron chi connectivity index (χ4n) is 1.64. The molecule has 1 heterocycles. The number of hydrogen-bond acceptors (Lipinski definition) is 5. The van der Waals surface area contributed by atoms with Crippen LogP contribution in [0.5, 0.6) is 0 Å². The smallest absolute Gasteiger partial charge is 0.340 e. The zero-order valence-corrected chi connectivity index (χ0v) is 12.7. The van der Waals surface area contributed by atoms with Crippen LogP contribution in [0.15, 0.2) is 5.03 Å². The number of carbonyl (C=O) groups is 2. The zero-order chi connectivity index (χ0) is 15.1. The first-order valence-corrected chi connectivity index (χ1v) is 7.48. The summed E-state index contributed by atoms with van der Waals surface area (Å²) < 4.78 is 0. The summed E-state index contributed by atoms with van der Waals surface area (Å²) >= 11 is 1.28. The van der Waals surface area contributed by atoms with Crippen LogP contribution in [0.2, 0.25) is 0 Å². The standard InChI is InChI=1S/C13H19N3O3S/c1-4-9-15-8(3)11(13(18)19)12(16-9)20-7-6-10(17)14-5-2/h4-7H2,1-3H3,(H,14,17)(H,18,19). The third kappa shape index (κ3) is 4.48. The van der Waals surface area contributed by atoms with Gasteiger partial charge in [-0.25, -0.2) is 14.8 Å². The van der Waals surface area contributed by atoms with Gasteiger partial charge in [0.05, 0.1) is 5.69 Å². The van der Waals surface area contributed by atoms with E-state index in [9.17, 15) is 14.7 Å². The zero-order valence-electron chi connectivity index (χ0n) is 11.9. The van der Waals surface area contributed by atoms with Crippen LogP contribution in [-0.4, -0.2) is 39.2 Å². The van der Waals surface area contributed by atoms with Gasteiger partial charge in [0.1, 0.15) is 16.4 Å². The number of aromatic carboxylic acids is 1. The van der Waals surface area contributed by atoms with Crippen LogP contribution >= 0.6 is 11.8 Å². The monoisotopic (exact) mass is 297 g/mol. The van der Waals surface area contributed by atoms with Gasteiger partial charge in [-0.15, -0.1) is 11.8 Å². The van der Waals surface area contributed by atoms with Crippen molar-refractivity contribution in [2.75, 3.05) is 12.3 Å². The van der Waals surface area contributed by atoms with Crippen molar-refractivity contribution in [2.24, 2.45) is 0 Å². The summed E-state index contributed by atoms with van der Waals surface area (Å²) in [5, 5.41) is 12.4. The average Bonchev–Trinajstić information content (AvgIpc) is 2.37. The van der Waals surface area contributed by atoms with Crippen molar-refractivity contribution in [3.63, 3.8) is 0 Å². The Labute approximate surface area is 122 Å². The maximum atomic E-state index is 11.4. The number of aryl methyl sites for hydroxylation is 2. The highest BCUT2D eigenvalue weighted by Gasteiger charge is 2.18. The van der Waals surface area contributed by atoms with Crippen molar-refractivity contribution in [3.8, 4) is 0 Å². The number of hydrogen-bond donors (Lipinski definition) is 2. The van der Waals surface area contributed by atoms with E-state index in [0.29, 0.717) is 41.7 Å². The molecule has 0 saturated carbocycles. The molecule has 1 aromatic rings. The topological polar surface area (TPSA) is 92.2 Å². The Hall–Kier alpha value is -1.63. The Morgan fingerprint density at radius 3 is 2.55 bits per heavy atom. The molecule has 1 rings (SSSR count). The van der Waals surface area contributed by atoms with Crippen LogP contribution in [0.1, 0.15) is 42.1 Å². The SMILES string of the molecule is CCNC(=O)CCSc1nc(CC)nc(C)c1C(=O)O. The van der Waals surface area contributed by atoms with Crippen LogP contribution in [0.4, 0.5) is 0 Å². The van der Waals surface area contributed by atoms with Gasteiger partial charge in [0.2, 0.25) is 5.91 Å². The van der Waals surface area contributed by atoms with Gasteiger partial charge in [-0.2, -0.15) is 0 Å². The summed E-state index contributed by atoms with van der Waals surface area (Å²) in [7, 11) is 0. The molecule has 0 saturated heterocycles. The molecule has 1 aromatic heterocycles. The summed E-state index contributed by atoms with van der Waals surface area (Å²) in [5.41, 5.74) is 0.591. The van der Waals surface area contributed by atoms with Gasteiger partial charge in [-0.05, 0) is 13.8 Å². The van der Waals surface area contributed by atoms with E-state index in [0.717, 1.165) is 0 Å². The molecule has 0 radical (unpaired) electrons. The maximum absolute atomic E-state index is 11.4. The Morgan fingerprint density at radius 1 is 1.30 bits per heavy atom. The number of carboxylic acid groups (broad SMARTS) is 1. The quantitative estimate of drug-likeness (QED) is 0.587. The predicted molar refractivity (Wildman–Crippen MR) is 77.1 cm³/mol. The molecule has 0 spiro atoms. The van der Waals surface area contributed by atoms with Crippen molar-refractivity contribution in [2.45, 2.75) is 38.6 Å². The second kappa shape index (κ2) is 7.84. The van der Waals surface area contributed by atoms with Crippen LogP contribution in [0, 0.1) is 6.92 Å². The van der Waals surface area contributed by atoms with Gasteiger partial charge in [0.25, 0.3) is 0 Å². The molecule has 20 heavy (non-hydrogen) atoms. The second-order valence-corrected chi connectivity index (χ2v) is 5.20. The van der Waals surface area contributed by atoms with Gasteiger partial charge < -0.3 is 10.4 Å². The lowest BCUT2D eigenvalue weighted by molar-refractivity contribution is -0.120. The van der Waals surface area contributed by atoms with E-state index < -0.39 is 5.97 Å². The Balaban J connectivity index is 2.84. The molecule has 0 aliphatic rings. The van der Waals surface area contributed by atoms with E-state index in [1.165, 1.54) is 11.8 Å². The highest BCUT2D eigenvalue weighted by molar-refractivity contribution is 7.99. The fraction of sp³-hybridized carbons (Fsp3) is 0.538. The number of aromatic nitrogens is 2. The molecule has 7 heteroatoms. The van der Waals surface area contributed by atoms with E-state index in [4.69, 9.17) is 0 Å². The predicted octanol–water partition coefficient (Wildman–Crippen LogP) is 1.66. The van der Waals surface area contributed by atoms with Crippen molar-refractivity contribution in [1.29, 1.82) is 0 Å². The van der Waals surface area contributed by atoms with Gasteiger partial charge in [-0.3, -0.25) is 4.79 Å². The Bertz CT molecular complexity index is 506. The van der Waals surface area contributed by atoms with Gasteiger partial charge in [0, 0.05) is 25.1 Å². The normalized spacial score (nSPS) is 10.3. The van der Waals surface area contributed by atoms with E-state index in [1.54, 1.807) is 6.92 Å². The summed E-state index contributed by atoms with van der Waals surface area (Å²) in [5.74, 6) is 0.0307. The lowest BCUT2D eigenvalue weighted by Crippen LogP contribution is -2.22. The second-order valence-electron chi connectivity index (χ2n) is 4.12. The Morgan fingerprint density at radius 2 is 2.00 bits per heavy atom. The van der Waals surface area contributed by atoms with Crippen LogP contribution in [-0.2, 0) is 11.2 Å². The largest absolute Gasteiger partial charge is 0.478 e. The highest BCUT2D eigenvalue weighted by Crippen LogP contribution is 2.23. The molecule has 6 nitrogen and oxygen atoms in total. The van der Waals surface area contributed by atoms with E-state index >= 15 is 0 Å². The molecule has 2 N–H and O–H groups in total. The highest BCUT2D eigenvalue weighted by atomic mass is 32.2. The van der Waals surface area contributed by atoms with Crippen molar-refractivity contribution in [1.82, 2.24) is 15.3 Å². The van der Waals surface area contributed by atoms with E-state index in [2.05, 4.69) is 15.3 Å². The third-order valence-corrected chi connectivity index (χ3v) is 3.55. The number of nitrogens with one attached hydrogen (secondary N) is 1. The molecule has 0 atom stereocenters. The molecule has 0 aromatic carbocycles. The molecule has 0 fully saturated rings. The first-order chi connectivity index (χ1) is 9.49. The minimum absolute atomic E-state index is 0.0432. The third-order valence-electron chi connectivity index (χ3n) is 2.57. The van der Waals surface area contributed by atoms with E-state index in [-0.39, 0.29) is 11.5 Å². The molecule has 110 valence electrons. The minimum Gasteiger partial charge on any atom is -0.478 e. The van der Waals surface area contributed by atoms with Gasteiger partial charge in [-0.1, -0.05) is 6.92 Å². The van der Waals surface area contributed by atoms with Crippen molar-refractivity contribution in [3.05, 3.63) is 17.1 Å². The summed E-state index contributed by atoms with van der Waals surface area (Å²) in [6.45, 7) is 6.03. The summed E-state index contributed by atoms with van der Waals surface area (Å²) in [6.07, 6.45) is 0.979. The van der Waals surface area contributed by atoms with Crippen LogP contribution in [0.25, 0.3) is 0 Å². The minimum atomic E-state index is -1.04. The molecule has 1 amide bonds. The maximum Gasteiger partial charge on any atom is 0.340 e. The first kappa shape index (κ1) is 16.4. The lowest BCUT2D eigenvalue weighted by Gasteiger charge is -2.09. The van der Waals surface area contributed by atoms with E-state index in [1.807, 2.05) is 13.8 Å². The summed E-state index contributed by atoms with van der Waals surface area (Å²) in [6, 6.07) is 0. The summed E-state index contributed by atoms with van der Waals surface area (Å²) in [4.78, 5) is 31.1.